The van der Waals surface area contributed by atoms with Crippen LogP contribution >= 0.6 is 23.2 Å². The molecule has 0 aliphatic carbocycles. The Morgan fingerprint density at radius 2 is 1.74 bits per heavy atom. The van der Waals surface area contributed by atoms with Gasteiger partial charge < -0.3 is 4.98 Å². The molecule has 0 amide bonds. The second kappa shape index (κ2) is 4.72. The molecule has 0 aliphatic heterocycles. The summed E-state index contributed by atoms with van der Waals surface area (Å²) in [5.74, 6) is 0. The van der Waals surface area contributed by atoms with Gasteiger partial charge in [0.2, 0.25) is 0 Å². The maximum Gasteiger partial charge on any atom is 0.197 e. The Balaban J connectivity index is 2.28. The number of aromatic nitrogens is 1. The SMILES string of the molecule is O=c1c(-c2ccc(Cl)c(Cl)c2)c[nH]c2ccccc12. The third-order valence-corrected chi connectivity index (χ3v) is 3.76. The summed E-state index contributed by atoms with van der Waals surface area (Å²) in [6, 6.07) is 12.6. The number of aromatic amines is 1. The molecule has 3 aromatic rings. The molecule has 0 bridgehead atoms. The molecule has 0 spiro atoms. The van der Waals surface area contributed by atoms with Gasteiger partial charge in [0.15, 0.2) is 5.43 Å². The largest absolute Gasteiger partial charge is 0.360 e. The molecule has 4 heteroatoms. The van der Waals surface area contributed by atoms with Crippen molar-refractivity contribution in [1.29, 1.82) is 0 Å². The van der Waals surface area contributed by atoms with Crippen molar-refractivity contribution in [3.05, 3.63) is 68.9 Å². The van der Waals surface area contributed by atoms with E-state index in [1.807, 2.05) is 18.2 Å². The second-order valence-corrected chi connectivity index (χ2v) is 5.02. The lowest BCUT2D eigenvalue weighted by molar-refractivity contribution is 1.39. The van der Waals surface area contributed by atoms with Crippen molar-refractivity contribution >= 4 is 34.1 Å². The predicted molar refractivity (Wildman–Crippen MR) is 80.0 cm³/mol. The molecule has 2 nitrogen and oxygen atoms in total. The fourth-order valence-electron chi connectivity index (χ4n) is 2.05. The van der Waals surface area contributed by atoms with E-state index in [4.69, 9.17) is 23.2 Å². The summed E-state index contributed by atoms with van der Waals surface area (Å²) < 4.78 is 0. The molecule has 0 saturated carbocycles. The number of hydrogen-bond acceptors (Lipinski definition) is 1. The zero-order valence-electron chi connectivity index (χ0n) is 9.78. The lowest BCUT2D eigenvalue weighted by Crippen LogP contribution is -2.06. The van der Waals surface area contributed by atoms with E-state index in [9.17, 15) is 4.79 Å². The number of nitrogens with one attached hydrogen (secondary N) is 1. The Bertz CT molecular complexity index is 824. The maximum atomic E-state index is 12.4. The fourth-order valence-corrected chi connectivity index (χ4v) is 2.34. The molecule has 0 radical (unpaired) electrons. The summed E-state index contributed by atoms with van der Waals surface area (Å²) in [5, 5.41) is 1.57. The highest BCUT2D eigenvalue weighted by molar-refractivity contribution is 6.42. The monoisotopic (exact) mass is 289 g/mol. The summed E-state index contributed by atoms with van der Waals surface area (Å²) >= 11 is 11.9. The van der Waals surface area contributed by atoms with E-state index in [1.165, 1.54) is 0 Å². The van der Waals surface area contributed by atoms with Crippen LogP contribution in [0.25, 0.3) is 22.0 Å². The molecule has 2 aromatic carbocycles. The van der Waals surface area contributed by atoms with Crippen molar-refractivity contribution in [2.24, 2.45) is 0 Å². The fraction of sp³-hybridized carbons (Fsp3) is 0. The van der Waals surface area contributed by atoms with Crippen LogP contribution in [0.3, 0.4) is 0 Å². The van der Waals surface area contributed by atoms with E-state index in [2.05, 4.69) is 4.98 Å². The van der Waals surface area contributed by atoms with Gasteiger partial charge in [-0.2, -0.15) is 0 Å². The second-order valence-electron chi connectivity index (χ2n) is 4.21. The number of pyridine rings is 1. The van der Waals surface area contributed by atoms with Gasteiger partial charge in [0.05, 0.1) is 10.0 Å². The molecule has 19 heavy (non-hydrogen) atoms. The number of fused-ring (bicyclic) bond motifs is 1. The molecule has 0 aliphatic rings. The number of benzene rings is 2. The highest BCUT2D eigenvalue weighted by Crippen LogP contribution is 2.27. The van der Waals surface area contributed by atoms with Gasteiger partial charge in [0, 0.05) is 22.7 Å². The predicted octanol–water partition coefficient (Wildman–Crippen LogP) is 4.50. The first-order chi connectivity index (χ1) is 9.16. The third-order valence-electron chi connectivity index (χ3n) is 3.02. The Morgan fingerprint density at radius 3 is 2.53 bits per heavy atom. The standard InChI is InChI=1S/C15H9Cl2NO/c16-12-6-5-9(7-13(12)17)11-8-18-14-4-2-1-3-10(14)15(11)19/h1-8H,(H,18,19). The minimum absolute atomic E-state index is 0.0206. The van der Waals surface area contributed by atoms with Crippen LogP contribution in [0.15, 0.2) is 53.5 Å². The summed E-state index contributed by atoms with van der Waals surface area (Å²) in [6.45, 7) is 0. The van der Waals surface area contributed by atoms with Crippen LogP contribution in [0.2, 0.25) is 10.0 Å². The molecular weight excluding hydrogens is 281 g/mol. The average molecular weight is 290 g/mol. The molecule has 0 unspecified atom stereocenters. The van der Waals surface area contributed by atoms with Crippen molar-refractivity contribution < 1.29 is 0 Å². The van der Waals surface area contributed by atoms with Gasteiger partial charge in [-0.25, -0.2) is 0 Å². The topological polar surface area (TPSA) is 32.9 Å². The van der Waals surface area contributed by atoms with Crippen LogP contribution in [0.5, 0.6) is 0 Å². The molecule has 1 heterocycles. The first-order valence-corrected chi connectivity index (χ1v) is 6.48. The quantitative estimate of drug-likeness (QED) is 0.703. The summed E-state index contributed by atoms with van der Waals surface area (Å²) in [4.78, 5) is 15.5. The van der Waals surface area contributed by atoms with Crippen LogP contribution in [0, 0.1) is 0 Å². The smallest absolute Gasteiger partial charge is 0.197 e. The molecule has 0 fully saturated rings. The molecule has 1 N–H and O–H groups in total. The van der Waals surface area contributed by atoms with E-state index >= 15 is 0 Å². The first kappa shape index (κ1) is 12.3. The van der Waals surface area contributed by atoms with Gasteiger partial charge in [0.25, 0.3) is 0 Å². The third kappa shape index (κ3) is 2.14. The van der Waals surface area contributed by atoms with Crippen molar-refractivity contribution in [3.8, 4) is 11.1 Å². The van der Waals surface area contributed by atoms with E-state index in [0.717, 1.165) is 11.1 Å². The Kier molecular flexibility index (Phi) is 3.05. The van der Waals surface area contributed by atoms with Crippen LogP contribution in [0.1, 0.15) is 0 Å². The zero-order valence-corrected chi connectivity index (χ0v) is 11.3. The average Bonchev–Trinajstić information content (AvgIpc) is 2.43. The van der Waals surface area contributed by atoms with Crippen molar-refractivity contribution in [3.63, 3.8) is 0 Å². The van der Waals surface area contributed by atoms with Crippen LogP contribution < -0.4 is 5.43 Å². The maximum absolute atomic E-state index is 12.4. The van der Waals surface area contributed by atoms with Crippen molar-refractivity contribution in [1.82, 2.24) is 4.98 Å². The molecule has 3 rings (SSSR count). The molecule has 0 atom stereocenters. The van der Waals surface area contributed by atoms with E-state index in [0.29, 0.717) is 21.0 Å². The van der Waals surface area contributed by atoms with Gasteiger partial charge in [-0.3, -0.25) is 4.79 Å². The van der Waals surface area contributed by atoms with Gasteiger partial charge in [-0.15, -0.1) is 0 Å². The lowest BCUT2D eigenvalue weighted by atomic mass is 10.0. The van der Waals surface area contributed by atoms with Gasteiger partial charge in [0.1, 0.15) is 0 Å². The highest BCUT2D eigenvalue weighted by Gasteiger charge is 2.08. The number of para-hydroxylation sites is 1. The Hall–Kier alpha value is -1.77. The minimum Gasteiger partial charge on any atom is -0.360 e. The minimum atomic E-state index is -0.0206. The number of halogens is 2. The summed E-state index contributed by atoms with van der Waals surface area (Å²) in [6.07, 6.45) is 1.70. The van der Waals surface area contributed by atoms with E-state index < -0.39 is 0 Å². The Morgan fingerprint density at radius 1 is 0.947 bits per heavy atom. The molecule has 94 valence electrons. The van der Waals surface area contributed by atoms with Crippen molar-refractivity contribution in [2.75, 3.05) is 0 Å². The number of rotatable bonds is 1. The normalized spacial score (nSPS) is 10.8. The van der Waals surface area contributed by atoms with Gasteiger partial charge in [-0.05, 0) is 29.8 Å². The van der Waals surface area contributed by atoms with E-state index in [-0.39, 0.29) is 5.43 Å². The Labute approximate surface area is 119 Å². The molecular formula is C15H9Cl2NO. The van der Waals surface area contributed by atoms with E-state index in [1.54, 1.807) is 30.5 Å². The van der Waals surface area contributed by atoms with Gasteiger partial charge >= 0.3 is 0 Å². The molecule has 1 aromatic heterocycles. The van der Waals surface area contributed by atoms with Crippen molar-refractivity contribution in [2.45, 2.75) is 0 Å². The summed E-state index contributed by atoms with van der Waals surface area (Å²) in [5.41, 5.74) is 2.13. The van der Waals surface area contributed by atoms with Gasteiger partial charge in [-0.1, -0.05) is 41.4 Å². The van der Waals surface area contributed by atoms with Crippen LogP contribution in [0.4, 0.5) is 0 Å². The number of H-pyrrole nitrogens is 1. The highest BCUT2D eigenvalue weighted by atomic mass is 35.5. The molecule has 0 saturated heterocycles. The van der Waals surface area contributed by atoms with Crippen LogP contribution in [-0.4, -0.2) is 4.98 Å². The lowest BCUT2D eigenvalue weighted by Gasteiger charge is -2.05. The summed E-state index contributed by atoms with van der Waals surface area (Å²) in [7, 11) is 0. The first-order valence-electron chi connectivity index (χ1n) is 5.72. The zero-order chi connectivity index (χ0) is 13.4. The van der Waals surface area contributed by atoms with Crippen LogP contribution in [-0.2, 0) is 0 Å². The number of hydrogen-bond donors (Lipinski definition) is 1.